The molecule has 0 heterocycles. The molecule has 0 saturated carbocycles. The molecular weight excluding hydrogens is 510 g/mol. The van der Waals surface area contributed by atoms with Gasteiger partial charge in [-0.25, -0.2) is 5.43 Å². The van der Waals surface area contributed by atoms with Gasteiger partial charge >= 0.3 is 0 Å². The molecule has 2 N–H and O–H groups in total. The van der Waals surface area contributed by atoms with Crippen LogP contribution in [0.1, 0.15) is 36.5 Å². The molecule has 0 atom stereocenters. The molecule has 3 aromatic carbocycles. The number of anilines is 1. The summed E-state index contributed by atoms with van der Waals surface area (Å²) in [5.41, 5.74) is 6.04. The van der Waals surface area contributed by atoms with Gasteiger partial charge in [0.15, 0.2) is 11.5 Å². The molecule has 0 aliphatic rings. The van der Waals surface area contributed by atoms with E-state index < -0.39 is 0 Å². The first-order chi connectivity index (χ1) is 16.9. The van der Waals surface area contributed by atoms with E-state index in [1.165, 1.54) is 6.21 Å². The highest BCUT2D eigenvalue weighted by Gasteiger charge is 2.08. The number of nitrogens with zero attached hydrogens (tertiary/aromatic N) is 1. The van der Waals surface area contributed by atoms with E-state index in [2.05, 4.69) is 31.8 Å². The number of carbonyl (C=O) groups is 2. The summed E-state index contributed by atoms with van der Waals surface area (Å²) in [5, 5.41) is 6.76. The van der Waals surface area contributed by atoms with Crippen molar-refractivity contribution in [3.63, 3.8) is 0 Å². The van der Waals surface area contributed by atoms with Crippen molar-refractivity contribution < 1.29 is 19.1 Å². The molecule has 0 radical (unpaired) electrons. The van der Waals surface area contributed by atoms with Crippen molar-refractivity contribution >= 4 is 39.6 Å². The molecule has 182 valence electrons. The van der Waals surface area contributed by atoms with Gasteiger partial charge in [-0.05, 0) is 67.4 Å². The van der Waals surface area contributed by atoms with Crippen LogP contribution < -0.4 is 20.2 Å². The van der Waals surface area contributed by atoms with E-state index in [1.54, 1.807) is 6.07 Å². The van der Waals surface area contributed by atoms with E-state index in [0.29, 0.717) is 30.4 Å². The fraction of sp³-hybridized carbons (Fsp3) is 0.222. The number of hydrogen-bond acceptors (Lipinski definition) is 5. The Hall–Kier alpha value is -3.65. The van der Waals surface area contributed by atoms with Crippen molar-refractivity contribution in [2.24, 2.45) is 5.10 Å². The number of amides is 2. The number of halogens is 1. The van der Waals surface area contributed by atoms with E-state index in [9.17, 15) is 9.59 Å². The van der Waals surface area contributed by atoms with Crippen LogP contribution in [0.2, 0.25) is 0 Å². The van der Waals surface area contributed by atoms with E-state index in [-0.39, 0.29) is 24.7 Å². The van der Waals surface area contributed by atoms with Crippen LogP contribution in [-0.2, 0) is 16.2 Å². The summed E-state index contributed by atoms with van der Waals surface area (Å²) in [7, 11) is 0. The van der Waals surface area contributed by atoms with Crippen molar-refractivity contribution in [3.05, 3.63) is 87.9 Å². The maximum Gasteiger partial charge on any atom is 0.240 e. The summed E-state index contributed by atoms with van der Waals surface area (Å²) in [4.78, 5) is 24.1. The molecule has 2 amide bonds. The summed E-state index contributed by atoms with van der Waals surface area (Å²) in [5.74, 6) is 0.635. The number of ether oxygens (including phenoxy) is 2. The average molecular weight is 538 g/mol. The highest BCUT2D eigenvalue weighted by Crippen LogP contribution is 2.29. The third-order valence-corrected chi connectivity index (χ3v) is 5.42. The van der Waals surface area contributed by atoms with Gasteiger partial charge in [0, 0.05) is 23.0 Å². The quantitative estimate of drug-likeness (QED) is 0.246. The monoisotopic (exact) mass is 537 g/mol. The molecule has 7 nitrogen and oxygen atoms in total. The first-order valence-corrected chi connectivity index (χ1v) is 12.0. The molecule has 8 heteroatoms. The number of rotatable bonds is 11. The predicted octanol–water partition coefficient (Wildman–Crippen LogP) is 5.60. The van der Waals surface area contributed by atoms with Crippen LogP contribution in [0, 0.1) is 6.92 Å². The third-order valence-electron chi connectivity index (χ3n) is 4.89. The second-order valence-corrected chi connectivity index (χ2v) is 8.68. The van der Waals surface area contributed by atoms with Crippen LogP contribution in [0.4, 0.5) is 5.69 Å². The van der Waals surface area contributed by atoms with Gasteiger partial charge in [0.1, 0.15) is 6.61 Å². The van der Waals surface area contributed by atoms with Crippen LogP contribution >= 0.6 is 15.9 Å². The zero-order chi connectivity index (χ0) is 25.0. The Morgan fingerprint density at radius 2 is 1.63 bits per heavy atom. The molecule has 0 fully saturated rings. The Kier molecular flexibility index (Phi) is 9.86. The molecule has 0 bridgehead atoms. The van der Waals surface area contributed by atoms with Gasteiger partial charge in [0.25, 0.3) is 0 Å². The number of carbonyl (C=O) groups excluding carboxylic acids is 2. The van der Waals surface area contributed by atoms with Crippen LogP contribution in [0.3, 0.4) is 0 Å². The first kappa shape index (κ1) is 26.0. The zero-order valence-electron chi connectivity index (χ0n) is 19.7. The lowest BCUT2D eigenvalue weighted by Crippen LogP contribution is -2.20. The van der Waals surface area contributed by atoms with Crippen molar-refractivity contribution in [1.29, 1.82) is 0 Å². The molecule has 0 aromatic heterocycles. The van der Waals surface area contributed by atoms with E-state index in [1.807, 2.05) is 74.5 Å². The minimum Gasteiger partial charge on any atom is -0.490 e. The topological polar surface area (TPSA) is 89.0 Å². The van der Waals surface area contributed by atoms with E-state index in [4.69, 9.17) is 9.47 Å². The summed E-state index contributed by atoms with van der Waals surface area (Å²) >= 11 is 3.42. The molecule has 0 aliphatic carbocycles. The maximum atomic E-state index is 12.0. The van der Waals surface area contributed by atoms with Crippen molar-refractivity contribution in [1.82, 2.24) is 5.43 Å². The number of hydrazone groups is 1. The molecule has 3 aromatic rings. The lowest BCUT2D eigenvalue weighted by Gasteiger charge is -2.12. The molecule has 3 rings (SSSR count). The Balaban J connectivity index is 1.48. The molecule has 0 spiro atoms. The normalized spacial score (nSPS) is 10.7. The molecule has 35 heavy (non-hydrogen) atoms. The van der Waals surface area contributed by atoms with Gasteiger partial charge in [-0.2, -0.15) is 5.10 Å². The minimum absolute atomic E-state index is 0.0298. The Morgan fingerprint density at radius 1 is 0.914 bits per heavy atom. The summed E-state index contributed by atoms with van der Waals surface area (Å²) < 4.78 is 12.6. The molecule has 0 aliphatic heterocycles. The summed E-state index contributed by atoms with van der Waals surface area (Å²) in [6.07, 6.45) is 1.61. The van der Waals surface area contributed by atoms with Gasteiger partial charge in [0.2, 0.25) is 11.8 Å². The van der Waals surface area contributed by atoms with Gasteiger partial charge in [0.05, 0.1) is 12.8 Å². The number of benzene rings is 3. The van der Waals surface area contributed by atoms with E-state index >= 15 is 0 Å². The average Bonchev–Trinajstić information content (AvgIpc) is 2.85. The van der Waals surface area contributed by atoms with Gasteiger partial charge in [-0.15, -0.1) is 0 Å². The largest absolute Gasteiger partial charge is 0.490 e. The maximum absolute atomic E-state index is 12.0. The van der Waals surface area contributed by atoms with E-state index in [0.717, 1.165) is 21.2 Å². The third kappa shape index (κ3) is 8.90. The first-order valence-electron chi connectivity index (χ1n) is 11.3. The number of aryl methyl sites for hydroxylation is 1. The minimum atomic E-state index is -0.347. The van der Waals surface area contributed by atoms with Crippen molar-refractivity contribution in [2.45, 2.75) is 33.3 Å². The van der Waals surface area contributed by atoms with Crippen molar-refractivity contribution in [3.8, 4) is 11.5 Å². The zero-order valence-corrected chi connectivity index (χ0v) is 21.3. The second-order valence-electron chi connectivity index (χ2n) is 7.76. The lowest BCUT2D eigenvalue weighted by atomic mass is 10.2. The van der Waals surface area contributed by atoms with Crippen molar-refractivity contribution in [2.75, 3.05) is 11.9 Å². The Morgan fingerprint density at radius 3 is 2.34 bits per heavy atom. The number of nitrogens with one attached hydrogen (secondary N) is 2. The van der Waals surface area contributed by atoms with Gasteiger partial charge in [-0.3, -0.25) is 9.59 Å². The fourth-order valence-corrected chi connectivity index (χ4v) is 3.32. The Labute approximate surface area is 213 Å². The number of hydrogen-bond donors (Lipinski definition) is 2. The second kappa shape index (κ2) is 13.3. The lowest BCUT2D eigenvalue weighted by molar-refractivity contribution is -0.124. The SMILES string of the molecule is CCOc1cc(C=NNC(=O)CCC(=O)Nc2ccc(C)cc2)ccc1OCc1ccc(Br)cc1. The molecular formula is C27H28BrN3O4. The standard InChI is InChI=1S/C27H28BrN3O4/c1-3-34-25-16-21(8-13-24(25)35-18-20-6-9-22(28)10-7-20)17-29-31-27(33)15-14-26(32)30-23-11-4-19(2)5-12-23/h4-13,16-17H,3,14-15,18H2,1-2H3,(H,30,32)(H,31,33). The highest BCUT2D eigenvalue weighted by molar-refractivity contribution is 9.10. The molecule has 0 unspecified atom stereocenters. The van der Waals surface area contributed by atoms with Crippen LogP contribution in [0.5, 0.6) is 11.5 Å². The Bertz CT molecular complexity index is 1160. The smallest absolute Gasteiger partial charge is 0.240 e. The fourth-order valence-electron chi connectivity index (χ4n) is 3.06. The van der Waals surface area contributed by atoms with Gasteiger partial charge in [-0.1, -0.05) is 45.8 Å². The van der Waals surface area contributed by atoms with Crippen LogP contribution in [-0.4, -0.2) is 24.6 Å². The summed E-state index contributed by atoms with van der Waals surface area (Å²) in [6.45, 7) is 4.76. The molecule has 0 saturated heterocycles. The summed E-state index contributed by atoms with van der Waals surface area (Å²) in [6, 6.07) is 20.8. The highest BCUT2D eigenvalue weighted by atomic mass is 79.9. The predicted molar refractivity (Wildman–Crippen MR) is 141 cm³/mol. The van der Waals surface area contributed by atoms with Crippen LogP contribution in [0.15, 0.2) is 76.3 Å². The van der Waals surface area contributed by atoms with Gasteiger partial charge < -0.3 is 14.8 Å². The van der Waals surface area contributed by atoms with Crippen LogP contribution in [0.25, 0.3) is 0 Å².